The van der Waals surface area contributed by atoms with Crippen LogP contribution in [-0.2, 0) is 4.74 Å². The summed E-state index contributed by atoms with van der Waals surface area (Å²) in [6.07, 6.45) is 7.91. The fraction of sp³-hybridized carbons (Fsp3) is 0.441. The Bertz CT molecular complexity index is 1750. The Morgan fingerprint density at radius 1 is 1.13 bits per heavy atom. The summed E-state index contributed by atoms with van der Waals surface area (Å²) >= 11 is 0. The Morgan fingerprint density at radius 3 is 2.59 bits per heavy atom. The minimum absolute atomic E-state index is 0.0160. The van der Waals surface area contributed by atoms with Gasteiger partial charge in [-0.15, -0.1) is 0 Å². The molecule has 0 saturated carbocycles. The predicted octanol–water partition coefficient (Wildman–Crippen LogP) is 6.22. The molecule has 1 aliphatic heterocycles. The number of nitriles is 1. The van der Waals surface area contributed by atoms with Crippen molar-refractivity contribution >= 4 is 25.3 Å². The van der Waals surface area contributed by atoms with E-state index < -0.39 is 8.32 Å². The van der Waals surface area contributed by atoms with Gasteiger partial charge in [0.15, 0.2) is 19.6 Å². The van der Waals surface area contributed by atoms with Crippen LogP contribution in [0.3, 0.4) is 0 Å². The van der Waals surface area contributed by atoms with Gasteiger partial charge in [-0.1, -0.05) is 13.8 Å². The maximum Gasteiger partial charge on any atom is 0.272 e. The van der Waals surface area contributed by atoms with Crippen molar-refractivity contribution in [2.45, 2.75) is 63.8 Å². The second-order valence-corrected chi connectivity index (χ2v) is 17.3. The van der Waals surface area contributed by atoms with Crippen LogP contribution in [0.25, 0.3) is 33.7 Å². The smallest absolute Gasteiger partial charge is 0.272 e. The average molecular weight is 644 g/mol. The summed E-state index contributed by atoms with van der Waals surface area (Å²) in [5, 5.41) is 9.71. The topological polar surface area (TPSA) is 144 Å². The number of rotatable bonds is 11. The van der Waals surface area contributed by atoms with E-state index in [2.05, 4.69) is 34.9 Å². The van der Waals surface area contributed by atoms with E-state index in [4.69, 9.17) is 18.6 Å². The zero-order chi connectivity index (χ0) is 33.1. The van der Waals surface area contributed by atoms with Gasteiger partial charge in [0.25, 0.3) is 5.91 Å². The highest BCUT2D eigenvalue weighted by molar-refractivity contribution is 6.72. The average Bonchev–Trinajstić information content (AvgIpc) is 3.48. The van der Waals surface area contributed by atoms with E-state index >= 15 is 0 Å². The molecular weight excluding hydrogens is 602 g/mol. The summed E-state index contributed by atoms with van der Waals surface area (Å²) < 4.78 is 23.4. The number of hydrogen-bond acceptors (Lipinski definition) is 10. The third-order valence-corrected chi connectivity index (χ3v) is 12.6. The Morgan fingerprint density at radius 2 is 1.89 bits per heavy atom. The highest BCUT2D eigenvalue weighted by Gasteiger charge is 2.37. The van der Waals surface area contributed by atoms with Crippen molar-refractivity contribution in [1.29, 1.82) is 5.26 Å². The lowest BCUT2D eigenvalue weighted by molar-refractivity contribution is 0.0253. The van der Waals surface area contributed by atoms with E-state index in [1.54, 1.807) is 54.8 Å². The minimum atomic E-state index is -2.32. The predicted molar refractivity (Wildman–Crippen MR) is 176 cm³/mol. The second kappa shape index (κ2) is 13.6. The number of carbonyl (C=O) groups excluding carboxylic acids is 1. The number of furan rings is 1. The molecule has 5 rings (SSSR count). The number of hydrogen-bond donors (Lipinski definition) is 1. The normalized spacial score (nSPS) is 14.2. The van der Waals surface area contributed by atoms with Gasteiger partial charge in [0, 0.05) is 56.5 Å². The van der Waals surface area contributed by atoms with Crippen LogP contribution >= 0.6 is 0 Å². The highest BCUT2D eigenvalue weighted by Crippen LogP contribution is 2.40. The van der Waals surface area contributed by atoms with E-state index in [-0.39, 0.29) is 22.7 Å². The number of amides is 1. The molecule has 0 atom stereocenters. The largest absolute Gasteiger partial charge is 0.496 e. The Labute approximate surface area is 270 Å². The fourth-order valence-electron chi connectivity index (χ4n) is 5.29. The van der Waals surface area contributed by atoms with Gasteiger partial charge < -0.3 is 28.3 Å². The lowest BCUT2D eigenvalue weighted by atomic mass is 10.1. The zero-order valence-corrected chi connectivity index (χ0v) is 28.3. The van der Waals surface area contributed by atoms with Gasteiger partial charge in [-0.3, -0.25) is 19.7 Å². The second-order valence-electron chi connectivity index (χ2n) is 12.8. The van der Waals surface area contributed by atoms with Crippen LogP contribution in [0.4, 0.5) is 0 Å². The number of carbonyl (C=O) groups is 1. The van der Waals surface area contributed by atoms with Crippen molar-refractivity contribution in [2.24, 2.45) is 0 Å². The minimum Gasteiger partial charge on any atom is -0.496 e. The lowest BCUT2D eigenvalue weighted by Crippen LogP contribution is -2.39. The first-order chi connectivity index (χ1) is 21.9. The van der Waals surface area contributed by atoms with Crippen LogP contribution in [0, 0.1) is 11.3 Å². The molecule has 11 nitrogen and oxygen atoms in total. The summed E-state index contributed by atoms with van der Waals surface area (Å²) in [4.78, 5) is 39.0. The molecule has 12 heteroatoms. The molecule has 1 aliphatic rings. The first-order valence-electron chi connectivity index (χ1n) is 15.5. The lowest BCUT2D eigenvalue weighted by Gasteiger charge is -2.35. The number of pyridine rings is 3. The van der Waals surface area contributed by atoms with Crippen LogP contribution in [-0.4, -0.2) is 78.9 Å². The number of ether oxygens (including phenoxy) is 3. The molecule has 242 valence electrons. The van der Waals surface area contributed by atoms with Gasteiger partial charge in [0.05, 0.1) is 43.3 Å². The van der Waals surface area contributed by atoms with Gasteiger partial charge >= 0.3 is 0 Å². The zero-order valence-electron chi connectivity index (χ0n) is 27.3. The van der Waals surface area contributed by atoms with Crippen molar-refractivity contribution in [2.75, 3.05) is 33.9 Å². The molecule has 46 heavy (non-hydrogen) atoms. The van der Waals surface area contributed by atoms with E-state index in [9.17, 15) is 14.9 Å². The molecule has 0 aromatic carbocycles. The molecular formula is C34H41N5O6Si. The Balaban J connectivity index is 1.36. The summed E-state index contributed by atoms with van der Waals surface area (Å²) in [6.45, 7) is 9.87. The molecule has 0 spiro atoms. The molecule has 1 N–H and O–H groups in total. The van der Waals surface area contributed by atoms with Gasteiger partial charge in [-0.2, -0.15) is 5.26 Å². The maximum absolute atomic E-state index is 13.2. The number of methoxy groups -OCH3 is 1. The highest BCUT2D eigenvalue weighted by atomic mass is 28.4. The van der Waals surface area contributed by atoms with Gasteiger partial charge in [0.1, 0.15) is 34.9 Å². The van der Waals surface area contributed by atoms with Crippen LogP contribution < -0.4 is 9.47 Å². The molecule has 0 aliphatic carbocycles. The number of fused-ring (bicyclic) bond motifs is 1. The van der Waals surface area contributed by atoms with Crippen molar-refractivity contribution in [3.8, 4) is 40.1 Å². The molecule has 4 aromatic heterocycles. The quantitative estimate of drug-likeness (QED) is 0.187. The van der Waals surface area contributed by atoms with E-state index in [1.165, 1.54) is 7.11 Å². The molecule has 4 aromatic rings. The number of aromatic nitrogens is 3. The Hall–Kier alpha value is -4.31. The van der Waals surface area contributed by atoms with Gasteiger partial charge in [-0.05, 0) is 43.1 Å². The molecule has 1 amide bonds. The van der Waals surface area contributed by atoms with Crippen LogP contribution in [0.15, 0.2) is 47.3 Å². The molecule has 0 unspecified atom stereocenters. The summed E-state index contributed by atoms with van der Waals surface area (Å²) in [5.74, 6) is 1.12. The van der Waals surface area contributed by atoms with E-state index in [0.29, 0.717) is 70.5 Å². The first-order valence-corrected chi connectivity index (χ1v) is 18.4. The maximum atomic E-state index is 13.2. The third kappa shape index (κ3) is 7.07. The molecule has 0 bridgehead atoms. The van der Waals surface area contributed by atoms with Crippen LogP contribution in [0.1, 0.15) is 55.6 Å². The van der Waals surface area contributed by atoms with Crippen molar-refractivity contribution in [1.82, 2.24) is 19.9 Å². The summed E-state index contributed by atoms with van der Waals surface area (Å²) in [7, 11) is 0.962. The summed E-state index contributed by atoms with van der Waals surface area (Å²) in [5.41, 5.74) is 3.50. The molecule has 5 heterocycles. The third-order valence-electron chi connectivity index (χ3n) is 9.01. The van der Waals surface area contributed by atoms with Gasteiger partial charge in [0.2, 0.25) is 0 Å². The van der Waals surface area contributed by atoms with Crippen LogP contribution in [0.2, 0.25) is 18.1 Å². The first kappa shape index (κ1) is 33.1. The fourth-order valence-corrected chi connectivity index (χ4v) is 6.07. The van der Waals surface area contributed by atoms with Crippen molar-refractivity contribution in [3.05, 3.63) is 54.1 Å². The molecule has 1 saturated heterocycles. The van der Waals surface area contributed by atoms with Crippen molar-refractivity contribution < 1.29 is 28.2 Å². The SMILES string of the molecule is COc1cc(C(=O)N(C)CCCC(C)(C)[Si](C)(C)O)ncc1-c1cc2nccc(-c3cc(C#N)c(OC4CCOCC4)cn3)c2o1. The molecule has 0 radical (unpaired) electrons. The standard InChI is InChI=1S/C34H41N5O6Si/c1-34(2,46(5,6)41)11-7-13-39(3)33(40)28-18-29(42-4)25(20-37-28)30-17-27-32(45-30)24(8-12-36-27)26-16-22(19-35)31(21-38-26)44-23-9-14-43-15-10-23/h8,12,16-18,20-21,23,41H,7,9-11,13-15H2,1-6H3. The Kier molecular flexibility index (Phi) is 9.76. The summed E-state index contributed by atoms with van der Waals surface area (Å²) in [6, 6.07) is 9.11. The van der Waals surface area contributed by atoms with E-state index in [0.717, 1.165) is 25.7 Å². The van der Waals surface area contributed by atoms with E-state index in [1.807, 2.05) is 13.1 Å². The number of nitrogens with zero attached hydrogens (tertiary/aromatic N) is 5. The molecule has 1 fully saturated rings. The van der Waals surface area contributed by atoms with Crippen molar-refractivity contribution in [3.63, 3.8) is 0 Å². The monoisotopic (exact) mass is 643 g/mol. The van der Waals surface area contributed by atoms with Crippen LogP contribution in [0.5, 0.6) is 11.5 Å². The van der Waals surface area contributed by atoms with Gasteiger partial charge in [-0.25, -0.2) is 0 Å².